The minimum Gasteiger partial charge on any atom is -0.489 e. The van der Waals surface area contributed by atoms with Crippen LogP contribution in [0.4, 0.5) is 0 Å². The quantitative estimate of drug-likeness (QED) is 0.692. The van der Waals surface area contributed by atoms with E-state index >= 15 is 0 Å². The van der Waals surface area contributed by atoms with Gasteiger partial charge in [0, 0.05) is 23.5 Å². The summed E-state index contributed by atoms with van der Waals surface area (Å²) in [6.07, 6.45) is 4.02. The number of carbonyl (C=O) groups is 1. The number of nitrogens with one attached hydrogen (secondary N) is 1. The molecule has 0 aliphatic rings. The first-order valence-electron chi connectivity index (χ1n) is 7.84. The Hall–Kier alpha value is -3.12. The molecule has 0 aliphatic heterocycles. The molecule has 0 saturated carbocycles. The largest absolute Gasteiger partial charge is 0.489 e. The highest BCUT2D eigenvalue weighted by atomic mass is 16.5. The Morgan fingerprint density at radius 2 is 2.16 bits per heavy atom. The number of nitrogens with zero attached hydrogens (tertiary/aromatic N) is 1. The molecule has 2 heterocycles. The van der Waals surface area contributed by atoms with Crippen LogP contribution in [-0.4, -0.2) is 22.5 Å². The second kappa shape index (κ2) is 8.12. The van der Waals surface area contributed by atoms with Gasteiger partial charge in [-0.15, -0.1) is 0 Å². The molecule has 25 heavy (non-hydrogen) atoms. The first-order valence-corrected chi connectivity index (χ1v) is 7.84. The maximum absolute atomic E-state index is 12.2. The zero-order valence-electron chi connectivity index (χ0n) is 13.5. The summed E-state index contributed by atoms with van der Waals surface area (Å²) in [6, 6.07) is 14.0. The molecule has 0 saturated heterocycles. The molecule has 0 radical (unpaired) electrons. The Balaban J connectivity index is 1.56. The van der Waals surface area contributed by atoms with Gasteiger partial charge in [-0.05, 0) is 36.4 Å². The minimum absolute atomic E-state index is 0.0626. The average Bonchev–Trinajstić information content (AvgIpc) is 3.20. The molecule has 2 aromatic heterocycles. The molecule has 6 nitrogen and oxygen atoms in total. The maximum atomic E-state index is 12.2. The molecule has 1 unspecified atom stereocenters. The third-order valence-corrected chi connectivity index (χ3v) is 3.55. The monoisotopic (exact) mass is 338 g/mol. The second-order valence-corrected chi connectivity index (χ2v) is 5.42. The van der Waals surface area contributed by atoms with E-state index in [0.29, 0.717) is 23.7 Å². The number of furan rings is 1. The highest BCUT2D eigenvalue weighted by Gasteiger charge is 2.13. The first-order chi connectivity index (χ1) is 12.2. The number of ether oxygens (including phenoxy) is 1. The number of hydrogen-bond donors (Lipinski definition) is 2. The standard InChI is InChI=1S/C19H18N2O4/c22-17(18-7-3-9-24-18)12-21-19(23)15-5-1-6-16(10-15)25-13-14-4-2-8-20-11-14/h1-11,17,22H,12-13H2,(H,21,23). The van der Waals surface area contributed by atoms with Crippen LogP contribution in [-0.2, 0) is 6.61 Å². The van der Waals surface area contributed by atoms with E-state index < -0.39 is 6.10 Å². The van der Waals surface area contributed by atoms with E-state index in [2.05, 4.69) is 10.3 Å². The van der Waals surface area contributed by atoms with Gasteiger partial charge >= 0.3 is 0 Å². The highest BCUT2D eigenvalue weighted by Crippen LogP contribution is 2.16. The number of benzene rings is 1. The molecule has 6 heteroatoms. The van der Waals surface area contributed by atoms with Crippen molar-refractivity contribution in [3.63, 3.8) is 0 Å². The molecule has 1 aromatic carbocycles. The van der Waals surface area contributed by atoms with Crippen LogP contribution in [0.3, 0.4) is 0 Å². The van der Waals surface area contributed by atoms with Crippen LogP contribution in [0.1, 0.15) is 27.8 Å². The number of carbonyl (C=O) groups excluding carboxylic acids is 1. The third kappa shape index (κ3) is 4.68. The van der Waals surface area contributed by atoms with Crippen molar-refractivity contribution in [1.82, 2.24) is 10.3 Å². The van der Waals surface area contributed by atoms with Gasteiger partial charge in [0.25, 0.3) is 5.91 Å². The van der Waals surface area contributed by atoms with E-state index in [9.17, 15) is 9.90 Å². The molecule has 1 amide bonds. The molecule has 3 rings (SSSR count). The molecule has 2 N–H and O–H groups in total. The normalized spacial score (nSPS) is 11.7. The summed E-state index contributed by atoms with van der Waals surface area (Å²) in [6.45, 7) is 0.434. The maximum Gasteiger partial charge on any atom is 0.251 e. The van der Waals surface area contributed by atoms with Crippen LogP contribution in [0, 0.1) is 0 Å². The van der Waals surface area contributed by atoms with Crippen molar-refractivity contribution >= 4 is 5.91 Å². The molecule has 128 valence electrons. The SMILES string of the molecule is O=C(NCC(O)c1ccco1)c1cccc(OCc2cccnc2)c1. The lowest BCUT2D eigenvalue weighted by Crippen LogP contribution is -2.28. The molecular weight excluding hydrogens is 320 g/mol. The van der Waals surface area contributed by atoms with Gasteiger partial charge in [-0.25, -0.2) is 0 Å². The van der Waals surface area contributed by atoms with Crippen molar-refractivity contribution in [2.45, 2.75) is 12.7 Å². The summed E-state index contributed by atoms with van der Waals surface area (Å²) in [7, 11) is 0. The molecule has 0 bridgehead atoms. The molecule has 0 spiro atoms. The van der Waals surface area contributed by atoms with Crippen molar-refractivity contribution in [3.05, 3.63) is 84.1 Å². The van der Waals surface area contributed by atoms with E-state index in [1.54, 1.807) is 48.8 Å². The number of amides is 1. The summed E-state index contributed by atoms with van der Waals surface area (Å²) in [5.41, 5.74) is 1.40. The van der Waals surface area contributed by atoms with Gasteiger partial charge in [-0.2, -0.15) is 0 Å². The molecule has 1 atom stereocenters. The minimum atomic E-state index is -0.885. The lowest BCUT2D eigenvalue weighted by molar-refractivity contribution is 0.0900. The van der Waals surface area contributed by atoms with Gasteiger partial charge in [0.1, 0.15) is 24.2 Å². The summed E-state index contributed by atoms with van der Waals surface area (Å²) in [4.78, 5) is 16.3. The van der Waals surface area contributed by atoms with Crippen molar-refractivity contribution in [1.29, 1.82) is 0 Å². The predicted molar refractivity (Wildman–Crippen MR) is 91.0 cm³/mol. The fourth-order valence-corrected chi connectivity index (χ4v) is 2.25. The van der Waals surface area contributed by atoms with Gasteiger partial charge in [0.15, 0.2) is 0 Å². The Morgan fingerprint density at radius 1 is 1.24 bits per heavy atom. The summed E-state index contributed by atoms with van der Waals surface area (Å²) in [5, 5.41) is 12.6. The van der Waals surface area contributed by atoms with Gasteiger partial charge in [0.05, 0.1) is 12.8 Å². The molecular formula is C19H18N2O4. The van der Waals surface area contributed by atoms with Crippen LogP contribution in [0.2, 0.25) is 0 Å². The smallest absolute Gasteiger partial charge is 0.251 e. The summed E-state index contributed by atoms with van der Waals surface area (Å²) in [5.74, 6) is 0.703. The lowest BCUT2D eigenvalue weighted by Gasteiger charge is -2.11. The molecule has 3 aromatic rings. The highest BCUT2D eigenvalue weighted by molar-refractivity contribution is 5.94. The third-order valence-electron chi connectivity index (χ3n) is 3.55. The fourth-order valence-electron chi connectivity index (χ4n) is 2.25. The Bertz CT molecular complexity index is 803. The Kier molecular flexibility index (Phi) is 5.43. The van der Waals surface area contributed by atoms with Crippen LogP contribution in [0.25, 0.3) is 0 Å². The van der Waals surface area contributed by atoms with Gasteiger partial charge < -0.3 is 19.6 Å². The van der Waals surface area contributed by atoms with E-state index in [-0.39, 0.29) is 12.5 Å². The first kappa shape index (κ1) is 16.7. The van der Waals surface area contributed by atoms with E-state index in [4.69, 9.17) is 9.15 Å². The van der Waals surface area contributed by atoms with Gasteiger partial charge in [0.2, 0.25) is 0 Å². The van der Waals surface area contributed by atoms with E-state index in [0.717, 1.165) is 5.56 Å². The number of pyridine rings is 1. The van der Waals surface area contributed by atoms with Crippen molar-refractivity contribution in [2.75, 3.05) is 6.54 Å². The van der Waals surface area contributed by atoms with E-state index in [1.165, 1.54) is 6.26 Å². The summed E-state index contributed by atoms with van der Waals surface area (Å²) < 4.78 is 10.8. The van der Waals surface area contributed by atoms with E-state index in [1.807, 2.05) is 12.1 Å². The van der Waals surface area contributed by atoms with Crippen LogP contribution in [0.15, 0.2) is 71.6 Å². The number of rotatable bonds is 7. The lowest BCUT2D eigenvalue weighted by atomic mass is 10.2. The van der Waals surface area contributed by atoms with Crippen LogP contribution < -0.4 is 10.1 Å². The van der Waals surface area contributed by atoms with Gasteiger partial charge in [-0.3, -0.25) is 9.78 Å². The predicted octanol–water partition coefficient (Wildman–Crippen LogP) is 2.72. The van der Waals surface area contributed by atoms with Crippen molar-refractivity contribution in [3.8, 4) is 5.75 Å². The number of aliphatic hydroxyl groups is 1. The average molecular weight is 338 g/mol. The second-order valence-electron chi connectivity index (χ2n) is 5.42. The number of aliphatic hydroxyl groups excluding tert-OH is 1. The Morgan fingerprint density at radius 3 is 2.92 bits per heavy atom. The van der Waals surface area contributed by atoms with Crippen molar-refractivity contribution < 1.29 is 19.1 Å². The number of aromatic nitrogens is 1. The van der Waals surface area contributed by atoms with Crippen LogP contribution in [0.5, 0.6) is 5.75 Å². The summed E-state index contributed by atoms with van der Waals surface area (Å²) >= 11 is 0. The fraction of sp³-hybridized carbons (Fsp3) is 0.158. The van der Waals surface area contributed by atoms with Crippen molar-refractivity contribution in [2.24, 2.45) is 0 Å². The van der Waals surface area contributed by atoms with Crippen LogP contribution >= 0.6 is 0 Å². The van der Waals surface area contributed by atoms with Gasteiger partial charge in [-0.1, -0.05) is 12.1 Å². The molecule has 0 aliphatic carbocycles. The zero-order valence-corrected chi connectivity index (χ0v) is 13.5. The molecule has 0 fully saturated rings. The number of hydrogen-bond acceptors (Lipinski definition) is 5. The topological polar surface area (TPSA) is 84.6 Å². The Labute approximate surface area is 145 Å². The zero-order chi connectivity index (χ0) is 17.5.